The topological polar surface area (TPSA) is 127 Å². The first-order valence-corrected chi connectivity index (χ1v) is 13.0. The van der Waals surface area contributed by atoms with Gasteiger partial charge in [-0.2, -0.15) is 0 Å². The second kappa shape index (κ2) is 10.2. The Bertz CT molecular complexity index is 1640. The molecule has 1 fully saturated rings. The van der Waals surface area contributed by atoms with Crippen LogP contribution in [-0.2, 0) is 13.0 Å². The number of hydrogen-bond donors (Lipinski definition) is 5. The van der Waals surface area contributed by atoms with Crippen molar-refractivity contribution in [1.82, 2.24) is 30.0 Å². The average Bonchev–Trinajstić information content (AvgIpc) is 3.56. The van der Waals surface area contributed by atoms with E-state index in [2.05, 4.69) is 49.9 Å². The predicted octanol–water partition coefficient (Wildman–Crippen LogP) is 4.43. The average molecular weight is 511 g/mol. The molecule has 4 heterocycles. The van der Waals surface area contributed by atoms with Gasteiger partial charge in [-0.1, -0.05) is 24.3 Å². The molecule has 5 aromatic rings. The minimum atomic E-state index is -0.937. The zero-order valence-corrected chi connectivity index (χ0v) is 20.9. The molecular weight excluding hydrogens is 480 g/mol. The molecule has 0 radical (unpaired) electrons. The Morgan fingerprint density at radius 3 is 2.58 bits per heavy atom. The third-order valence-corrected chi connectivity index (χ3v) is 7.55. The van der Waals surface area contributed by atoms with Gasteiger partial charge in [0.1, 0.15) is 11.2 Å². The van der Waals surface area contributed by atoms with Crippen molar-refractivity contribution in [2.24, 2.45) is 0 Å². The number of benzene rings is 1. The minimum absolute atomic E-state index is 0.0694. The summed E-state index contributed by atoms with van der Waals surface area (Å²) in [4.78, 5) is 33.9. The zero-order chi connectivity index (χ0) is 26.1. The molecule has 6 rings (SSSR count). The fourth-order valence-electron chi connectivity index (χ4n) is 5.51. The van der Waals surface area contributed by atoms with Crippen LogP contribution in [0.2, 0.25) is 0 Å². The van der Waals surface area contributed by atoms with Crippen molar-refractivity contribution in [1.29, 1.82) is 0 Å². The van der Waals surface area contributed by atoms with E-state index in [1.807, 2.05) is 35.0 Å². The normalized spacial score (nSPS) is 17.7. The zero-order valence-electron chi connectivity index (χ0n) is 20.9. The van der Waals surface area contributed by atoms with E-state index in [0.29, 0.717) is 18.0 Å². The predicted molar refractivity (Wildman–Crippen MR) is 146 cm³/mol. The molecule has 0 spiro atoms. The summed E-state index contributed by atoms with van der Waals surface area (Å²) in [5, 5.41) is 16.1. The number of aromatic nitrogens is 4. The van der Waals surface area contributed by atoms with E-state index >= 15 is 0 Å². The van der Waals surface area contributed by atoms with Gasteiger partial charge in [0.15, 0.2) is 0 Å². The van der Waals surface area contributed by atoms with Crippen molar-refractivity contribution < 1.29 is 9.90 Å². The maximum Gasteiger partial charge on any atom is 0.404 e. The quantitative estimate of drug-likeness (QED) is 0.221. The molecule has 9 nitrogen and oxygen atoms in total. The Morgan fingerprint density at radius 1 is 1.03 bits per heavy atom. The molecule has 1 aliphatic carbocycles. The molecule has 0 bridgehead atoms. The smallest absolute Gasteiger partial charge is 0.404 e. The van der Waals surface area contributed by atoms with Crippen LogP contribution < -0.4 is 16.2 Å². The molecule has 1 saturated carbocycles. The van der Waals surface area contributed by atoms with E-state index in [0.717, 1.165) is 65.6 Å². The lowest BCUT2D eigenvalue weighted by atomic mass is 9.91. The maximum absolute atomic E-state index is 12.6. The van der Waals surface area contributed by atoms with Crippen LogP contribution in [0, 0.1) is 0 Å². The van der Waals surface area contributed by atoms with Crippen molar-refractivity contribution in [3.05, 3.63) is 94.4 Å². The number of hydrogen-bond acceptors (Lipinski definition) is 4. The number of carboxylic acid groups (broad SMARTS) is 1. The van der Waals surface area contributed by atoms with E-state index in [4.69, 9.17) is 5.11 Å². The summed E-state index contributed by atoms with van der Waals surface area (Å²) in [5.41, 5.74) is 6.68. The molecule has 1 aromatic carbocycles. The van der Waals surface area contributed by atoms with Crippen LogP contribution in [0.4, 0.5) is 4.79 Å². The summed E-state index contributed by atoms with van der Waals surface area (Å²) < 4.78 is 1.98. The van der Waals surface area contributed by atoms with E-state index < -0.39 is 6.09 Å². The molecule has 0 unspecified atom stereocenters. The standard InChI is InChI=1S/C29H30N6O3/c36-28-26-13-20(25-16-32-27-24(25)2-1-11-30-27)17-35(26)23(15-33-28)12-18-3-5-19(6-4-18)14-31-21-7-9-22(10-8-21)34-29(37)38/h1-6,11,13,15-17,21-22,31,34H,7-10,12,14H2,(H,30,32)(H,33,36)(H,37,38). The number of H-pyrrole nitrogens is 2. The molecule has 38 heavy (non-hydrogen) atoms. The lowest BCUT2D eigenvalue weighted by Crippen LogP contribution is -2.41. The highest BCUT2D eigenvalue weighted by Gasteiger charge is 2.21. The Balaban J connectivity index is 1.14. The van der Waals surface area contributed by atoms with Crippen LogP contribution in [0.25, 0.3) is 27.7 Å². The Morgan fingerprint density at radius 2 is 1.79 bits per heavy atom. The minimum Gasteiger partial charge on any atom is -0.465 e. The number of nitrogens with zero attached hydrogens (tertiary/aromatic N) is 2. The summed E-state index contributed by atoms with van der Waals surface area (Å²) >= 11 is 0. The summed E-state index contributed by atoms with van der Waals surface area (Å²) in [7, 11) is 0. The molecule has 4 aromatic heterocycles. The number of carbonyl (C=O) groups is 1. The maximum atomic E-state index is 12.6. The van der Waals surface area contributed by atoms with Crippen molar-refractivity contribution in [2.45, 2.75) is 50.7 Å². The third kappa shape index (κ3) is 4.92. The van der Waals surface area contributed by atoms with Gasteiger partial charge in [-0.25, -0.2) is 9.78 Å². The number of nitrogens with one attached hydrogen (secondary N) is 4. The number of pyridine rings is 1. The third-order valence-electron chi connectivity index (χ3n) is 7.55. The highest BCUT2D eigenvalue weighted by atomic mass is 16.4. The van der Waals surface area contributed by atoms with Gasteiger partial charge in [0.05, 0.1) is 0 Å². The molecule has 1 amide bonds. The number of aromatic amines is 2. The van der Waals surface area contributed by atoms with Crippen molar-refractivity contribution in [3.8, 4) is 11.1 Å². The molecule has 0 atom stereocenters. The Hall–Kier alpha value is -4.37. The summed E-state index contributed by atoms with van der Waals surface area (Å²) in [6, 6.07) is 14.9. The van der Waals surface area contributed by atoms with E-state index in [1.54, 1.807) is 12.4 Å². The van der Waals surface area contributed by atoms with Gasteiger partial charge in [0.2, 0.25) is 0 Å². The van der Waals surface area contributed by atoms with Crippen LogP contribution in [0.15, 0.2) is 72.0 Å². The first-order chi connectivity index (χ1) is 18.5. The van der Waals surface area contributed by atoms with Gasteiger partial charge in [-0.15, -0.1) is 0 Å². The number of amides is 1. The fourth-order valence-corrected chi connectivity index (χ4v) is 5.51. The van der Waals surface area contributed by atoms with Crippen LogP contribution in [0.3, 0.4) is 0 Å². The van der Waals surface area contributed by atoms with Crippen LogP contribution in [-0.4, -0.2) is 42.6 Å². The van der Waals surface area contributed by atoms with E-state index in [-0.39, 0.29) is 11.6 Å². The fraction of sp³-hybridized carbons (Fsp3) is 0.276. The number of rotatable bonds is 7. The molecule has 1 aliphatic rings. The van der Waals surface area contributed by atoms with Crippen LogP contribution >= 0.6 is 0 Å². The summed E-state index contributed by atoms with van der Waals surface area (Å²) in [6.45, 7) is 0.783. The first-order valence-electron chi connectivity index (χ1n) is 13.0. The van der Waals surface area contributed by atoms with E-state index in [1.165, 1.54) is 5.56 Å². The van der Waals surface area contributed by atoms with Crippen LogP contribution in [0.5, 0.6) is 0 Å². The van der Waals surface area contributed by atoms with Crippen LogP contribution in [0.1, 0.15) is 42.5 Å². The van der Waals surface area contributed by atoms with Crippen molar-refractivity contribution >= 4 is 22.6 Å². The highest BCUT2D eigenvalue weighted by Crippen LogP contribution is 2.29. The van der Waals surface area contributed by atoms with Gasteiger partial charge in [-0.05, 0) is 55.0 Å². The van der Waals surface area contributed by atoms with Gasteiger partial charge in [-0.3, -0.25) is 4.79 Å². The van der Waals surface area contributed by atoms with Crippen molar-refractivity contribution in [3.63, 3.8) is 0 Å². The lowest BCUT2D eigenvalue weighted by Gasteiger charge is -2.29. The molecule has 194 valence electrons. The summed E-state index contributed by atoms with van der Waals surface area (Å²) in [6.07, 6.45) is 10.9. The molecule has 0 aliphatic heterocycles. The summed E-state index contributed by atoms with van der Waals surface area (Å²) in [5.74, 6) is 0. The first kappa shape index (κ1) is 24.0. The largest absolute Gasteiger partial charge is 0.465 e. The Labute approximate surface area is 218 Å². The monoisotopic (exact) mass is 510 g/mol. The highest BCUT2D eigenvalue weighted by molar-refractivity contribution is 5.94. The molecule has 5 N–H and O–H groups in total. The number of fused-ring (bicyclic) bond motifs is 2. The SMILES string of the molecule is O=C(O)NC1CCC(NCc2ccc(Cc3c[nH]c(=O)c4cc(-c5c[nH]c6ncccc56)cn34)cc2)CC1. The molecule has 9 heteroatoms. The van der Waals surface area contributed by atoms with E-state index in [9.17, 15) is 9.59 Å². The van der Waals surface area contributed by atoms with Gasteiger partial charge >= 0.3 is 6.09 Å². The Kier molecular flexibility index (Phi) is 6.43. The van der Waals surface area contributed by atoms with Gasteiger partial charge < -0.3 is 30.1 Å². The molecule has 0 saturated heterocycles. The van der Waals surface area contributed by atoms with Gasteiger partial charge in [0, 0.05) is 72.0 Å². The lowest BCUT2D eigenvalue weighted by molar-refractivity contribution is 0.183. The van der Waals surface area contributed by atoms with Crippen molar-refractivity contribution in [2.75, 3.05) is 0 Å². The second-order valence-electron chi connectivity index (χ2n) is 10.1. The molecular formula is C29H30N6O3. The second-order valence-corrected chi connectivity index (χ2v) is 10.1. The van der Waals surface area contributed by atoms with Gasteiger partial charge in [0.25, 0.3) is 5.56 Å².